The molecule has 1 saturated heterocycles. The van der Waals surface area contributed by atoms with Crippen LogP contribution in [0, 0.1) is 0 Å². The second-order valence-electron chi connectivity index (χ2n) is 7.96. The molecule has 1 aromatic carbocycles. The molecule has 1 heterocycles. The van der Waals surface area contributed by atoms with Gasteiger partial charge in [-0.25, -0.2) is 0 Å². The summed E-state index contributed by atoms with van der Waals surface area (Å²) >= 11 is 0. The first-order valence-corrected chi connectivity index (χ1v) is 7.57. The smallest absolute Gasteiger partial charge is 0.494 e. The Balaban J connectivity index is 2.52. The number of benzene rings is 1. The zero-order valence-electron chi connectivity index (χ0n) is 14.5. The predicted octanol–water partition coefficient (Wildman–Crippen LogP) is 2.80. The Kier molecular flexibility index (Phi) is 3.95. The van der Waals surface area contributed by atoms with Crippen LogP contribution in [-0.2, 0) is 14.7 Å². The molecule has 0 aromatic heterocycles. The van der Waals surface area contributed by atoms with Gasteiger partial charge in [-0.3, -0.25) is 4.79 Å². The van der Waals surface area contributed by atoms with Crippen LogP contribution < -0.4 is 5.46 Å². The molecule has 1 aromatic rings. The first-order chi connectivity index (χ1) is 9.89. The summed E-state index contributed by atoms with van der Waals surface area (Å²) in [6, 6.07) is 3.50. The lowest BCUT2D eigenvalue weighted by atomic mass is 9.74. The van der Waals surface area contributed by atoms with Gasteiger partial charge in [0.05, 0.1) is 16.8 Å². The minimum Gasteiger partial charge on any atom is -0.507 e. The number of rotatable bonds is 2. The van der Waals surface area contributed by atoms with Crippen LogP contribution in [0.5, 0.6) is 5.75 Å². The van der Waals surface area contributed by atoms with Gasteiger partial charge in [-0.15, -0.1) is 0 Å². The molecule has 0 spiro atoms. The van der Waals surface area contributed by atoms with Crippen molar-refractivity contribution in [1.29, 1.82) is 0 Å². The largest absolute Gasteiger partial charge is 0.507 e. The van der Waals surface area contributed by atoms with E-state index in [4.69, 9.17) is 9.31 Å². The van der Waals surface area contributed by atoms with Crippen molar-refractivity contribution >= 4 is 18.9 Å². The molecule has 0 radical (unpaired) electrons. The van der Waals surface area contributed by atoms with Crippen molar-refractivity contribution in [1.82, 2.24) is 0 Å². The Labute approximate surface area is 133 Å². The normalized spacial score (nSPS) is 20.2. The molecule has 0 saturated carbocycles. The highest BCUT2D eigenvalue weighted by Crippen LogP contribution is 2.38. The van der Waals surface area contributed by atoms with Crippen LogP contribution in [0.2, 0.25) is 0 Å². The summed E-state index contributed by atoms with van der Waals surface area (Å²) in [4.78, 5) is 11.3. The second kappa shape index (κ2) is 5.10. The van der Waals surface area contributed by atoms with E-state index in [9.17, 15) is 9.90 Å². The van der Waals surface area contributed by atoms with Gasteiger partial charge in [0, 0.05) is 0 Å². The minimum atomic E-state index is -0.551. The number of carbonyl (C=O) groups excluding carboxylic acids is 1. The molecule has 22 heavy (non-hydrogen) atoms. The highest BCUT2D eigenvalue weighted by molar-refractivity contribution is 6.62. The molecule has 1 N–H and O–H groups in total. The molecule has 1 fully saturated rings. The summed E-state index contributed by atoms with van der Waals surface area (Å²) < 4.78 is 12.1. The fraction of sp³-hybridized carbons (Fsp3) is 0.588. The summed E-state index contributed by atoms with van der Waals surface area (Å²) in [5, 5.41) is 10.3. The van der Waals surface area contributed by atoms with Crippen molar-refractivity contribution in [2.75, 3.05) is 0 Å². The maximum absolute atomic E-state index is 11.3. The van der Waals surface area contributed by atoms with Crippen LogP contribution in [-0.4, -0.2) is 29.7 Å². The van der Waals surface area contributed by atoms with Crippen molar-refractivity contribution < 1.29 is 19.2 Å². The van der Waals surface area contributed by atoms with E-state index in [1.807, 2.05) is 54.5 Å². The van der Waals surface area contributed by atoms with E-state index in [1.165, 1.54) is 0 Å². The molecule has 4 nitrogen and oxygen atoms in total. The van der Waals surface area contributed by atoms with E-state index >= 15 is 0 Å². The number of hydrogen-bond acceptors (Lipinski definition) is 4. The third kappa shape index (κ3) is 2.80. The van der Waals surface area contributed by atoms with Gasteiger partial charge in [0.1, 0.15) is 5.75 Å². The zero-order valence-corrected chi connectivity index (χ0v) is 14.5. The quantitative estimate of drug-likeness (QED) is 0.674. The van der Waals surface area contributed by atoms with Crippen molar-refractivity contribution in [2.24, 2.45) is 0 Å². The SMILES string of the molecule is CC(C)(C)c1cc(B2OC(C)(C)C(C)(C)O2)cc(C=O)c1O. The van der Waals surface area contributed by atoms with Crippen molar-refractivity contribution in [2.45, 2.75) is 65.1 Å². The number of aldehydes is 1. The topological polar surface area (TPSA) is 55.8 Å². The minimum absolute atomic E-state index is 0.0303. The highest BCUT2D eigenvalue weighted by Gasteiger charge is 2.52. The van der Waals surface area contributed by atoms with Gasteiger partial charge in [-0.05, 0) is 50.2 Å². The molecule has 0 atom stereocenters. The van der Waals surface area contributed by atoms with Crippen LogP contribution in [0.25, 0.3) is 0 Å². The third-order valence-corrected chi connectivity index (χ3v) is 4.62. The standard InChI is InChI=1S/C17H25BO4/c1-15(2,3)13-9-12(8-11(10-19)14(13)20)18-21-16(4,5)17(6,7)22-18/h8-10,20H,1-7H3. The van der Waals surface area contributed by atoms with Gasteiger partial charge in [-0.2, -0.15) is 0 Å². The zero-order chi connectivity index (χ0) is 16.9. The summed E-state index contributed by atoms with van der Waals surface area (Å²) in [6.45, 7) is 13.9. The molecule has 2 rings (SSSR count). The van der Waals surface area contributed by atoms with E-state index < -0.39 is 18.3 Å². The summed E-state index contributed by atoms with van der Waals surface area (Å²) in [5.41, 5.74) is 0.543. The molecule has 0 amide bonds. The summed E-state index contributed by atoms with van der Waals surface area (Å²) in [6.07, 6.45) is 0.666. The van der Waals surface area contributed by atoms with Crippen molar-refractivity contribution in [3.05, 3.63) is 23.3 Å². The lowest BCUT2D eigenvalue weighted by Gasteiger charge is -2.32. The van der Waals surface area contributed by atoms with Crippen LogP contribution in [0.4, 0.5) is 0 Å². The molecule has 120 valence electrons. The maximum Gasteiger partial charge on any atom is 0.494 e. The average Bonchev–Trinajstić information content (AvgIpc) is 2.57. The molecule has 0 bridgehead atoms. The maximum atomic E-state index is 11.3. The fourth-order valence-corrected chi connectivity index (χ4v) is 2.46. The molecular formula is C17H25BO4. The van der Waals surface area contributed by atoms with E-state index in [-0.39, 0.29) is 16.7 Å². The Morgan fingerprint density at radius 2 is 1.59 bits per heavy atom. The molecule has 1 aliphatic heterocycles. The molecule has 1 aliphatic rings. The molecule has 0 aliphatic carbocycles. The van der Waals surface area contributed by atoms with Gasteiger partial charge in [0.15, 0.2) is 6.29 Å². The van der Waals surface area contributed by atoms with Crippen LogP contribution >= 0.6 is 0 Å². The lowest BCUT2D eigenvalue weighted by molar-refractivity contribution is 0.00578. The van der Waals surface area contributed by atoms with Gasteiger partial charge in [0.25, 0.3) is 0 Å². The van der Waals surface area contributed by atoms with Gasteiger partial charge >= 0.3 is 7.12 Å². The second-order valence-corrected chi connectivity index (χ2v) is 7.96. The monoisotopic (exact) mass is 304 g/mol. The van der Waals surface area contributed by atoms with E-state index in [1.54, 1.807) is 6.07 Å². The number of phenols is 1. The molecule has 5 heteroatoms. The van der Waals surface area contributed by atoms with Crippen LogP contribution in [0.15, 0.2) is 12.1 Å². The van der Waals surface area contributed by atoms with Crippen LogP contribution in [0.1, 0.15) is 64.4 Å². The Morgan fingerprint density at radius 1 is 1.09 bits per heavy atom. The van der Waals surface area contributed by atoms with E-state index in [0.717, 1.165) is 5.46 Å². The number of phenolic OH excluding ortho intramolecular Hbond substituents is 1. The fourth-order valence-electron chi connectivity index (χ4n) is 2.46. The Bertz CT molecular complexity index is 583. The molecule has 0 unspecified atom stereocenters. The van der Waals surface area contributed by atoms with E-state index in [2.05, 4.69) is 0 Å². The number of aromatic hydroxyl groups is 1. The third-order valence-electron chi connectivity index (χ3n) is 4.62. The predicted molar refractivity (Wildman–Crippen MR) is 87.9 cm³/mol. The average molecular weight is 304 g/mol. The van der Waals surface area contributed by atoms with Crippen molar-refractivity contribution in [3.63, 3.8) is 0 Å². The Morgan fingerprint density at radius 3 is 2.00 bits per heavy atom. The summed E-state index contributed by atoms with van der Waals surface area (Å²) in [7, 11) is -0.551. The number of carbonyl (C=O) groups is 1. The number of hydrogen-bond donors (Lipinski definition) is 1. The van der Waals surface area contributed by atoms with Crippen molar-refractivity contribution in [3.8, 4) is 5.75 Å². The van der Waals surface area contributed by atoms with Gasteiger partial charge in [-0.1, -0.05) is 26.8 Å². The van der Waals surface area contributed by atoms with Gasteiger partial charge < -0.3 is 14.4 Å². The summed E-state index contributed by atoms with van der Waals surface area (Å²) in [5.74, 6) is 0.0303. The highest BCUT2D eigenvalue weighted by atomic mass is 16.7. The van der Waals surface area contributed by atoms with Gasteiger partial charge in [0.2, 0.25) is 0 Å². The lowest BCUT2D eigenvalue weighted by Crippen LogP contribution is -2.41. The van der Waals surface area contributed by atoms with Crippen LogP contribution in [0.3, 0.4) is 0 Å². The first kappa shape index (κ1) is 17.0. The first-order valence-electron chi connectivity index (χ1n) is 7.57. The Hall–Kier alpha value is -1.33. The van der Waals surface area contributed by atoms with E-state index in [0.29, 0.717) is 11.8 Å². The molecular weight excluding hydrogens is 279 g/mol.